The van der Waals surface area contributed by atoms with Gasteiger partial charge in [-0.05, 0) is 61.1 Å². The Morgan fingerprint density at radius 3 is 2.51 bits per heavy atom. The van der Waals surface area contributed by atoms with E-state index in [4.69, 9.17) is 9.47 Å². The molecule has 1 aliphatic carbocycles. The number of alkyl halides is 3. The minimum atomic E-state index is -4.68. The number of nitrogens with zero attached hydrogens (tertiary/aromatic N) is 2. The molecule has 1 amide bonds. The van der Waals surface area contributed by atoms with Crippen LogP contribution in [-0.2, 0) is 12.6 Å². The van der Waals surface area contributed by atoms with Crippen LogP contribution in [0.25, 0.3) is 10.6 Å². The van der Waals surface area contributed by atoms with E-state index in [-0.39, 0.29) is 22.2 Å². The van der Waals surface area contributed by atoms with Gasteiger partial charge in [0.15, 0.2) is 11.5 Å². The van der Waals surface area contributed by atoms with Crippen LogP contribution in [-0.4, -0.2) is 43.1 Å². The van der Waals surface area contributed by atoms with Crippen LogP contribution in [0.2, 0.25) is 0 Å². The predicted molar refractivity (Wildman–Crippen MR) is 124 cm³/mol. The summed E-state index contributed by atoms with van der Waals surface area (Å²) in [4.78, 5) is 19.2. The maximum Gasteiger partial charge on any atom is 0.416 e. The van der Waals surface area contributed by atoms with E-state index < -0.39 is 17.6 Å². The Labute approximate surface area is 204 Å². The van der Waals surface area contributed by atoms with Crippen molar-refractivity contribution in [1.29, 1.82) is 0 Å². The average molecular weight is 509 g/mol. The first-order chi connectivity index (χ1) is 16.7. The largest absolute Gasteiger partial charge is 0.493 e. The van der Waals surface area contributed by atoms with E-state index in [2.05, 4.69) is 4.98 Å². The van der Waals surface area contributed by atoms with Crippen molar-refractivity contribution in [3.63, 3.8) is 0 Å². The zero-order valence-electron chi connectivity index (χ0n) is 19.2. The van der Waals surface area contributed by atoms with Crippen LogP contribution in [0.4, 0.5) is 17.6 Å². The first-order valence-electron chi connectivity index (χ1n) is 11.0. The van der Waals surface area contributed by atoms with Crippen molar-refractivity contribution in [2.24, 2.45) is 5.92 Å². The zero-order valence-corrected chi connectivity index (χ0v) is 20.0. The van der Waals surface area contributed by atoms with Crippen LogP contribution in [0.1, 0.15) is 34.5 Å². The Bertz CT molecular complexity index is 1210. The van der Waals surface area contributed by atoms with E-state index >= 15 is 0 Å². The molecular weight excluding hydrogens is 484 g/mol. The lowest BCUT2D eigenvalue weighted by molar-refractivity contribution is -0.137. The fourth-order valence-corrected chi connectivity index (χ4v) is 4.51. The number of ether oxygens (including phenoxy) is 2. The highest BCUT2D eigenvalue weighted by Crippen LogP contribution is 2.35. The van der Waals surface area contributed by atoms with Crippen molar-refractivity contribution in [2.45, 2.75) is 25.4 Å². The van der Waals surface area contributed by atoms with Crippen molar-refractivity contribution in [1.82, 2.24) is 9.88 Å². The van der Waals surface area contributed by atoms with Crippen LogP contribution in [0.15, 0.2) is 41.8 Å². The number of hydrogen-bond donors (Lipinski definition) is 0. The molecule has 0 saturated heterocycles. The summed E-state index contributed by atoms with van der Waals surface area (Å²) >= 11 is 1.01. The second-order valence-electron chi connectivity index (χ2n) is 8.40. The van der Waals surface area contributed by atoms with Gasteiger partial charge in [-0.25, -0.2) is 9.37 Å². The fraction of sp³-hybridized carbons (Fsp3) is 0.360. The van der Waals surface area contributed by atoms with Crippen molar-refractivity contribution < 1.29 is 31.8 Å². The molecule has 186 valence electrons. The Morgan fingerprint density at radius 1 is 1.11 bits per heavy atom. The summed E-state index contributed by atoms with van der Waals surface area (Å²) in [7, 11) is 3.12. The first kappa shape index (κ1) is 25.0. The molecule has 35 heavy (non-hydrogen) atoms. The van der Waals surface area contributed by atoms with Crippen LogP contribution in [0.5, 0.6) is 11.5 Å². The number of aromatic nitrogens is 1. The standard InChI is InChI=1S/C25H24F4N2O3S/c1-33-21-6-5-15(9-22(21)34-2)7-8-31(13-16-3-4-16)24(32)20-14-35-23(30-20)17-10-18(25(27,28)29)12-19(26)11-17/h5-6,9-12,14,16H,3-4,7-8,13H2,1-2H3. The molecular formula is C25H24F4N2O3S. The molecule has 5 nitrogen and oxygen atoms in total. The van der Waals surface area contributed by atoms with Gasteiger partial charge in [0.2, 0.25) is 0 Å². The highest BCUT2D eigenvalue weighted by atomic mass is 32.1. The monoisotopic (exact) mass is 508 g/mol. The molecule has 1 heterocycles. The number of carbonyl (C=O) groups excluding carboxylic acids is 1. The maximum absolute atomic E-state index is 13.8. The summed E-state index contributed by atoms with van der Waals surface area (Å²) in [6.07, 6.45) is -2.01. The van der Waals surface area contributed by atoms with Crippen molar-refractivity contribution in [3.05, 3.63) is 64.4 Å². The van der Waals surface area contributed by atoms with E-state index in [1.165, 1.54) is 5.38 Å². The number of carbonyl (C=O) groups is 1. The molecule has 1 fully saturated rings. The normalized spacial score (nSPS) is 13.5. The van der Waals surface area contributed by atoms with Crippen LogP contribution in [0.3, 0.4) is 0 Å². The topological polar surface area (TPSA) is 51.7 Å². The van der Waals surface area contributed by atoms with Gasteiger partial charge in [-0.2, -0.15) is 13.2 Å². The number of halogens is 4. The molecule has 0 N–H and O–H groups in total. The molecule has 0 atom stereocenters. The van der Waals surface area contributed by atoms with Gasteiger partial charge in [-0.15, -0.1) is 11.3 Å². The molecule has 1 saturated carbocycles. The van der Waals surface area contributed by atoms with Gasteiger partial charge in [0.05, 0.1) is 19.8 Å². The maximum atomic E-state index is 13.8. The third kappa shape index (κ3) is 6.11. The summed E-state index contributed by atoms with van der Waals surface area (Å²) in [5.41, 5.74) is -0.00765. The number of thiazole rings is 1. The molecule has 0 spiro atoms. The Hall–Kier alpha value is -3.14. The minimum Gasteiger partial charge on any atom is -0.493 e. The average Bonchev–Trinajstić information content (AvgIpc) is 3.51. The Morgan fingerprint density at radius 2 is 1.86 bits per heavy atom. The molecule has 4 rings (SSSR count). The molecule has 3 aromatic rings. The smallest absolute Gasteiger partial charge is 0.416 e. The molecule has 0 radical (unpaired) electrons. The SMILES string of the molecule is COc1ccc(CCN(CC2CC2)C(=O)c2csc(-c3cc(F)cc(C(F)(F)F)c3)n2)cc1OC. The van der Waals surface area contributed by atoms with Crippen molar-refractivity contribution in [2.75, 3.05) is 27.3 Å². The summed E-state index contributed by atoms with van der Waals surface area (Å²) < 4.78 is 63.7. The first-order valence-corrected chi connectivity index (χ1v) is 11.9. The van der Waals surface area contributed by atoms with Gasteiger partial charge in [0.1, 0.15) is 16.5 Å². The Balaban J connectivity index is 1.52. The number of amides is 1. The van der Waals surface area contributed by atoms with Crippen molar-refractivity contribution in [3.8, 4) is 22.1 Å². The van der Waals surface area contributed by atoms with Gasteiger partial charge in [-0.3, -0.25) is 4.79 Å². The summed E-state index contributed by atoms with van der Waals surface area (Å²) in [6.45, 7) is 1.02. The summed E-state index contributed by atoms with van der Waals surface area (Å²) in [5.74, 6) is 0.334. The molecule has 1 aromatic heterocycles. The van der Waals surface area contributed by atoms with Gasteiger partial charge in [0.25, 0.3) is 5.91 Å². The van der Waals surface area contributed by atoms with E-state index in [9.17, 15) is 22.4 Å². The lowest BCUT2D eigenvalue weighted by Gasteiger charge is -2.22. The highest BCUT2D eigenvalue weighted by molar-refractivity contribution is 7.13. The van der Waals surface area contributed by atoms with Crippen molar-refractivity contribution >= 4 is 17.2 Å². The predicted octanol–water partition coefficient (Wildman–Crippen LogP) is 6.08. The fourth-order valence-electron chi connectivity index (χ4n) is 3.73. The van der Waals surface area contributed by atoms with E-state index in [1.807, 2.05) is 18.2 Å². The molecule has 0 bridgehead atoms. The Kier molecular flexibility index (Phi) is 7.30. The molecule has 0 unspecified atom stereocenters. The van der Waals surface area contributed by atoms with E-state index in [0.717, 1.165) is 41.9 Å². The molecule has 10 heteroatoms. The van der Waals surface area contributed by atoms with E-state index in [0.29, 0.717) is 43.0 Å². The third-order valence-corrected chi connectivity index (χ3v) is 6.67. The zero-order chi connectivity index (χ0) is 25.2. The lowest BCUT2D eigenvalue weighted by Crippen LogP contribution is -2.35. The van der Waals surface area contributed by atoms with Gasteiger partial charge in [0, 0.05) is 24.0 Å². The number of benzene rings is 2. The number of rotatable bonds is 9. The summed E-state index contributed by atoms with van der Waals surface area (Å²) in [6, 6.07) is 7.85. The van der Waals surface area contributed by atoms with E-state index in [1.54, 1.807) is 19.1 Å². The minimum absolute atomic E-state index is 0.0135. The molecule has 0 aliphatic heterocycles. The van der Waals surface area contributed by atoms with Gasteiger partial charge >= 0.3 is 6.18 Å². The van der Waals surface area contributed by atoms with Gasteiger partial charge < -0.3 is 14.4 Å². The quantitative estimate of drug-likeness (QED) is 0.329. The van der Waals surface area contributed by atoms with Crippen LogP contribution in [0, 0.1) is 11.7 Å². The second kappa shape index (κ2) is 10.2. The second-order valence-corrected chi connectivity index (χ2v) is 9.26. The summed E-state index contributed by atoms with van der Waals surface area (Å²) in [5, 5.41) is 1.66. The van der Waals surface area contributed by atoms with Gasteiger partial charge in [-0.1, -0.05) is 6.07 Å². The molecule has 2 aromatic carbocycles. The van der Waals surface area contributed by atoms with Crippen LogP contribution < -0.4 is 9.47 Å². The van der Waals surface area contributed by atoms with Crippen LogP contribution >= 0.6 is 11.3 Å². The lowest BCUT2D eigenvalue weighted by atomic mass is 10.1. The number of methoxy groups -OCH3 is 2. The molecule has 1 aliphatic rings. The highest BCUT2D eigenvalue weighted by Gasteiger charge is 2.32. The third-order valence-electron chi connectivity index (χ3n) is 5.78. The number of hydrogen-bond acceptors (Lipinski definition) is 5.